The zero-order valence-corrected chi connectivity index (χ0v) is 12.6. The van der Waals surface area contributed by atoms with Crippen LogP contribution in [0.2, 0.25) is 0 Å². The molecule has 18 heavy (non-hydrogen) atoms. The maximum absolute atomic E-state index is 3.78. The van der Waals surface area contributed by atoms with Crippen LogP contribution in [0.5, 0.6) is 0 Å². The van der Waals surface area contributed by atoms with Gasteiger partial charge < -0.3 is 5.32 Å². The first kappa shape index (κ1) is 15.8. The Kier molecular flexibility index (Phi) is 9.28. The maximum Gasteiger partial charge on any atom is 0.0279 e. The van der Waals surface area contributed by atoms with Gasteiger partial charge in [-0.1, -0.05) is 57.6 Å². The van der Waals surface area contributed by atoms with E-state index in [1.807, 2.05) is 0 Å². The number of allylic oxidation sites excluding steroid dienone is 1. The highest BCUT2D eigenvalue weighted by molar-refractivity contribution is 5.12. The second-order valence-electron chi connectivity index (χ2n) is 5.73. The molecule has 0 aromatic carbocycles. The minimum absolute atomic E-state index is 0.680. The highest BCUT2D eigenvalue weighted by atomic mass is 14.9. The van der Waals surface area contributed by atoms with Crippen molar-refractivity contribution in [3.05, 3.63) is 11.6 Å². The molecule has 1 unspecified atom stereocenters. The lowest BCUT2D eigenvalue weighted by Crippen LogP contribution is -2.31. The van der Waals surface area contributed by atoms with Gasteiger partial charge >= 0.3 is 0 Å². The quantitative estimate of drug-likeness (QED) is 0.438. The van der Waals surface area contributed by atoms with E-state index in [2.05, 4.69) is 25.2 Å². The van der Waals surface area contributed by atoms with Crippen molar-refractivity contribution in [2.24, 2.45) is 0 Å². The summed E-state index contributed by atoms with van der Waals surface area (Å²) in [5.74, 6) is 0. The topological polar surface area (TPSA) is 12.0 Å². The van der Waals surface area contributed by atoms with Crippen LogP contribution in [0.1, 0.15) is 84.5 Å². The van der Waals surface area contributed by atoms with Gasteiger partial charge in [0, 0.05) is 6.04 Å². The predicted octanol–water partition coefficient (Wildman–Crippen LogP) is 5.22. The number of unbranched alkanes of at least 4 members (excludes halogenated alkanes) is 3. The molecule has 106 valence electrons. The summed E-state index contributed by atoms with van der Waals surface area (Å²) in [6.45, 7) is 5.74. The van der Waals surface area contributed by atoms with E-state index in [1.54, 1.807) is 5.57 Å². The third kappa shape index (κ3) is 6.58. The molecule has 0 saturated heterocycles. The van der Waals surface area contributed by atoms with E-state index in [9.17, 15) is 0 Å². The van der Waals surface area contributed by atoms with Crippen molar-refractivity contribution >= 4 is 0 Å². The van der Waals surface area contributed by atoms with Crippen molar-refractivity contribution in [1.29, 1.82) is 0 Å². The Morgan fingerprint density at radius 3 is 2.72 bits per heavy atom. The van der Waals surface area contributed by atoms with Crippen LogP contribution in [-0.2, 0) is 0 Å². The van der Waals surface area contributed by atoms with Gasteiger partial charge in [0.2, 0.25) is 0 Å². The molecule has 1 rings (SSSR count). The summed E-state index contributed by atoms with van der Waals surface area (Å²) in [6.07, 6.45) is 17.6. The van der Waals surface area contributed by atoms with Crippen LogP contribution in [-0.4, -0.2) is 12.6 Å². The van der Waals surface area contributed by atoms with Crippen LogP contribution in [0.3, 0.4) is 0 Å². The molecule has 1 heteroatoms. The van der Waals surface area contributed by atoms with Gasteiger partial charge in [-0.15, -0.1) is 0 Å². The first-order chi connectivity index (χ1) is 8.88. The molecule has 1 N–H and O–H groups in total. The van der Waals surface area contributed by atoms with Crippen LogP contribution in [0.4, 0.5) is 0 Å². The lowest BCUT2D eigenvalue weighted by molar-refractivity contribution is 0.487. The summed E-state index contributed by atoms with van der Waals surface area (Å²) in [5.41, 5.74) is 1.72. The summed E-state index contributed by atoms with van der Waals surface area (Å²) in [7, 11) is 0. The summed E-state index contributed by atoms with van der Waals surface area (Å²) in [4.78, 5) is 0. The van der Waals surface area contributed by atoms with Crippen molar-refractivity contribution in [2.45, 2.75) is 90.5 Å². The Morgan fingerprint density at radius 1 is 1.06 bits per heavy atom. The Hall–Kier alpha value is -0.300. The van der Waals surface area contributed by atoms with Crippen molar-refractivity contribution in [3.8, 4) is 0 Å². The lowest BCUT2D eigenvalue weighted by Gasteiger charge is -2.21. The first-order valence-electron chi connectivity index (χ1n) is 8.30. The SMILES string of the molecule is CCCCCCC(NCCC)C1=CCCCCC1. The Bertz CT molecular complexity index is 220. The molecule has 0 amide bonds. The Morgan fingerprint density at radius 2 is 1.94 bits per heavy atom. The maximum atomic E-state index is 3.78. The molecule has 0 aromatic heterocycles. The molecular weight excluding hydrogens is 218 g/mol. The van der Waals surface area contributed by atoms with E-state index < -0.39 is 0 Å². The van der Waals surface area contributed by atoms with Crippen molar-refractivity contribution in [2.75, 3.05) is 6.54 Å². The van der Waals surface area contributed by atoms with Gasteiger partial charge in [-0.25, -0.2) is 0 Å². The summed E-state index contributed by atoms with van der Waals surface area (Å²) < 4.78 is 0. The molecule has 0 aliphatic heterocycles. The van der Waals surface area contributed by atoms with E-state index in [0.717, 1.165) is 0 Å². The molecule has 1 aliphatic carbocycles. The fourth-order valence-corrected chi connectivity index (χ4v) is 2.87. The van der Waals surface area contributed by atoms with E-state index in [4.69, 9.17) is 0 Å². The number of hydrogen-bond acceptors (Lipinski definition) is 1. The molecule has 1 atom stereocenters. The summed E-state index contributed by atoms with van der Waals surface area (Å²) in [5, 5.41) is 3.78. The normalized spacial score (nSPS) is 18.2. The number of rotatable bonds is 9. The minimum atomic E-state index is 0.680. The molecule has 0 radical (unpaired) electrons. The van der Waals surface area contributed by atoms with Crippen molar-refractivity contribution in [1.82, 2.24) is 5.32 Å². The summed E-state index contributed by atoms with van der Waals surface area (Å²) in [6, 6.07) is 0.680. The standard InChI is InChI=1S/C17H33N/c1-3-5-6-11-14-17(18-15-4-2)16-12-9-7-8-10-13-16/h12,17-18H,3-11,13-15H2,1-2H3. The largest absolute Gasteiger partial charge is 0.310 e. The van der Waals surface area contributed by atoms with Gasteiger partial charge in [0.05, 0.1) is 0 Å². The van der Waals surface area contributed by atoms with Gasteiger partial charge in [-0.05, 0) is 45.1 Å². The Balaban J connectivity index is 2.39. The van der Waals surface area contributed by atoms with Crippen LogP contribution in [0.15, 0.2) is 11.6 Å². The molecule has 0 saturated carbocycles. The highest BCUT2D eigenvalue weighted by Crippen LogP contribution is 2.23. The van der Waals surface area contributed by atoms with E-state index in [1.165, 1.54) is 77.2 Å². The van der Waals surface area contributed by atoms with Gasteiger partial charge in [0.25, 0.3) is 0 Å². The van der Waals surface area contributed by atoms with E-state index in [-0.39, 0.29) is 0 Å². The predicted molar refractivity (Wildman–Crippen MR) is 82.0 cm³/mol. The fraction of sp³-hybridized carbons (Fsp3) is 0.882. The number of nitrogens with one attached hydrogen (secondary N) is 1. The van der Waals surface area contributed by atoms with Crippen molar-refractivity contribution in [3.63, 3.8) is 0 Å². The molecule has 1 aliphatic rings. The van der Waals surface area contributed by atoms with Gasteiger partial charge in [0.15, 0.2) is 0 Å². The number of hydrogen-bond donors (Lipinski definition) is 1. The molecule has 0 bridgehead atoms. The second-order valence-corrected chi connectivity index (χ2v) is 5.73. The highest BCUT2D eigenvalue weighted by Gasteiger charge is 2.14. The van der Waals surface area contributed by atoms with Crippen LogP contribution >= 0.6 is 0 Å². The molecule has 0 fully saturated rings. The minimum Gasteiger partial charge on any atom is -0.310 e. The zero-order chi connectivity index (χ0) is 13.1. The van der Waals surface area contributed by atoms with Gasteiger partial charge in [0.1, 0.15) is 0 Å². The monoisotopic (exact) mass is 251 g/mol. The fourth-order valence-electron chi connectivity index (χ4n) is 2.87. The lowest BCUT2D eigenvalue weighted by atomic mass is 9.96. The average Bonchev–Trinajstić information content (AvgIpc) is 2.67. The molecule has 1 nitrogen and oxygen atoms in total. The van der Waals surface area contributed by atoms with E-state index in [0.29, 0.717) is 6.04 Å². The van der Waals surface area contributed by atoms with Gasteiger partial charge in [-0.2, -0.15) is 0 Å². The molecular formula is C17H33N. The third-order valence-corrected chi connectivity index (χ3v) is 4.01. The molecule has 0 heterocycles. The van der Waals surface area contributed by atoms with Crippen LogP contribution in [0.25, 0.3) is 0 Å². The van der Waals surface area contributed by atoms with E-state index >= 15 is 0 Å². The first-order valence-corrected chi connectivity index (χ1v) is 8.30. The summed E-state index contributed by atoms with van der Waals surface area (Å²) >= 11 is 0. The third-order valence-electron chi connectivity index (χ3n) is 4.01. The van der Waals surface area contributed by atoms with Crippen LogP contribution in [0, 0.1) is 0 Å². The second kappa shape index (κ2) is 10.6. The van der Waals surface area contributed by atoms with Crippen molar-refractivity contribution < 1.29 is 0 Å². The smallest absolute Gasteiger partial charge is 0.0279 e. The average molecular weight is 251 g/mol. The Labute approximate surface area is 114 Å². The molecule has 0 spiro atoms. The zero-order valence-electron chi connectivity index (χ0n) is 12.6. The van der Waals surface area contributed by atoms with Gasteiger partial charge in [-0.3, -0.25) is 0 Å². The van der Waals surface area contributed by atoms with Crippen LogP contribution < -0.4 is 5.32 Å². The molecule has 0 aromatic rings.